The van der Waals surface area contributed by atoms with Gasteiger partial charge in [0.15, 0.2) is 0 Å². The Morgan fingerprint density at radius 3 is 2.70 bits per heavy atom. The highest BCUT2D eigenvalue weighted by molar-refractivity contribution is 5.68. The Labute approximate surface area is 181 Å². The zero-order valence-corrected chi connectivity index (χ0v) is 19.5. The lowest BCUT2D eigenvalue weighted by atomic mass is 9.66. The molecule has 166 valence electrons. The van der Waals surface area contributed by atoms with Crippen molar-refractivity contribution in [3.05, 3.63) is 34.9 Å². The van der Waals surface area contributed by atoms with E-state index < -0.39 is 0 Å². The van der Waals surface area contributed by atoms with Crippen LogP contribution < -0.4 is 4.74 Å². The standard InChI is InChI=1S/C26H38O4/c1-17-11-12-20-19(14-17)24-21(27)15-18(16-22(24)30-26(20,4)5)25(2,3)13-9-7-8-10-23(28)29-6/h11,15-16,19-20,27H,7-10,12-14H2,1-6H3/t19-,20-/m1/s1. The first-order valence-corrected chi connectivity index (χ1v) is 11.3. The monoisotopic (exact) mass is 414 g/mol. The second-order valence-electron chi connectivity index (χ2n) is 10.3. The summed E-state index contributed by atoms with van der Waals surface area (Å²) in [5.74, 6) is 1.78. The van der Waals surface area contributed by atoms with Crippen LogP contribution in [0.1, 0.15) is 96.6 Å². The molecule has 0 amide bonds. The van der Waals surface area contributed by atoms with E-state index in [9.17, 15) is 9.90 Å². The van der Waals surface area contributed by atoms with E-state index >= 15 is 0 Å². The van der Waals surface area contributed by atoms with Crippen LogP contribution in [0.15, 0.2) is 23.8 Å². The second kappa shape index (κ2) is 8.64. The quantitative estimate of drug-likeness (QED) is 0.318. The topological polar surface area (TPSA) is 55.8 Å². The first-order chi connectivity index (χ1) is 14.0. The lowest BCUT2D eigenvalue weighted by molar-refractivity contribution is -0.140. The average molecular weight is 415 g/mol. The van der Waals surface area contributed by atoms with Crippen LogP contribution in [0.4, 0.5) is 0 Å². The van der Waals surface area contributed by atoms with Gasteiger partial charge in [0.1, 0.15) is 17.1 Å². The minimum atomic E-state index is -0.252. The summed E-state index contributed by atoms with van der Waals surface area (Å²) in [4.78, 5) is 11.3. The molecule has 1 aromatic rings. The molecule has 0 fully saturated rings. The van der Waals surface area contributed by atoms with Crippen LogP contribution in [0.5, 0.6) is 11.5 Å². The van der Waals surface area contributed by atoms with Gasteiger partial charge in [0.25, 0.3) is 0 Å². The highest BCUT2D eigenvalue weighted by atomic mass is 16.5. The Balaban J connectivity index is 1.78. The number of carbonyl (C=O) groups excluding carboxylic acids is 1. The first-order valence-electron chi connectivity index (χ1n) is 11.3. The molecule has 0 aromatic heterocycles. The van der Waals surface area contributed by atoms with Gasteiger partial charge in [0, 0.05) is 23.8 Å². The number of methoxy groups -OCH3 is 1. The van der Waals surface area contributed by atoms with E-state index in [0.717, 1.165) is 55.4 Å². The van der Waals surface area contributed by atoms with Crippen molar-refractivity contribution >= 4 is 5.97 Å². The van der Waals surface area contributed by atoms with E-state index in [1.54, 1.807) is 0 Å². The van der Waals surface area contributed by atoms with E-state index in [1.807, 2.05) is 6.07 Å². The third kappa shape index (κ3) is 4.68. The number of benzene rings is 1. The highest BCUT2D eigenvalue weighted by Crippen LogP contribution is 2.54. The number of carbonyl (C=O) groups is 1. The summed E-state index contributed by atoms with van der Waals surface area (Å²) < 4.78 is 11.2. The molecule has 1 aliphatic heterocycles. The minimum Gasteiger partial charge on any atom is -0.508 e. The number of hydrogen-bond donors (Lipinski definition) is 1. The third-order valence-electron chi connectivity index (χ3n) is 7.20. The van der Waals surface area contributed by atoms with Crippen molar-refractivity contribution in [2.45, 2.75) is 96.5 Å². The SMILES string of the molecule is COC(=O)CCCCCC(C)(C)c1cc(O)c2c(c1)OC(C)(C)[C@@H]1CC=C(C)C[C@@H]21. The van der Waals surface area contributed by atoms with Crippen LogP contribution in [0, 0.1) is 5.92 Å². The molecular formula is C26H38O4. The Hall–Kier alpha value is -1.97. The predicted octanol–water partition coefficient (Wildman–Crippen LogP) is 6.40. The van der Waals surface area contributed by atoms with Gasteiger partial charge in [0.2, 0.25) is 0 Å². The van der Waals surface area contributed by atoms with Crippen molar-refractivity contribution in [2.24, 2.45) is 5.92 Å². The number of rotatable bonds is 7. The Morgan fingerprint density at radius 1 is 1.27 bits per heavy atom. The summed E-state index contributed by atoms with van der Waals surface area (Å²) in [6.45, 7) is 11.0. The summed E-state index contributed by atoms with van der Waals surface area (Å²) in [7, 11) is 1.44. The van der Waals surface area contributed by atoms with Gasteiger partial charge in [-0.05, 0) is 69.6 Å². The number of fused-ring (bicyclic) bond motifs is 3. The van der Waals surface area contributed by atoms with Crippen LogP contribution >= 0.6 is 0 Å². The van der Waals surface area contributed by atoms with Crippen molar-refractivity contribution in [1.82, 2.24) is 0 Å². The number of allylic oxidation sites excluding steroid dienone is 2. The maximum absolute atomic E-state index is 11.3. The van der Waals surface area contributed by atoms with E-state index in [-0.39, 0.29) is 17.0 Å². The maximum Gasteiger partial charge on any atom is 0.305 e. The van der Waals surface area contributed by atoms with Crippen LogP contribution in [-0.4, -0.2) is 23.8 Å². The zero-order valence-electron chi connectivity index (χ0n) is 19.5. The number of aromatic hydroxyl groups is 1. The molecule has 4 nitrogen and oxygen atoms in total. The molecule has 4 heteroatoms. The smallest absolute Gasteiger partial charge is 0.305 e. The molecule has 3 rings (SSSR count). The molecule has 0 unspecified atom stereocenters. The van der Waals surface area contributed by atoms with E-state index in [0.29, 0.717) is 24.0 Å². The Bertz CT molecular complexity index is 819. The van der Waals surface area contributed by atoms with Crippen LogP contribution in [0.3, 0.4) is 0 Å². The molecular weight excluding hydrogens is 376 g/mol. The Kier molecular flexibility index (Phi) is 6.54. The molecule has 2 aliphatic rings. The van der Waals surface area contributed by atoms with Gasteiger partial charge < -0.3 is 14.6 Å². The predicted molar refractivity (Wildman–Crippen MR) is 120 cm³/mol. The van der Waals surface area contributed by atoms with Crippen molar-refractivity contribution in [1.29, 1.82) is 0 Å². The maximum atomic E-state index is 11.3. The molecule has 0 radical (unpaired) electrons. The number of hydrogen-bond acceptors (Lipinski definition) is 4. The summed E-state index contributed by atoms with van der Waals surface area (Å²) in [6, 6.07) is 4.12. The lowest BCUT2D eigenvalue weighted by Gasteiger charge is -2.47. The molecule has 0 bridgehead atoms. The van der Waals surface area contributed by atoms with Crippen LogP contribution in [-0.2, 0) is 14.9 Å². The second-order valence-corrected chi connectivity index (χ2v) is 10.3. The van der Waals surface area contributed by atoms with Crippen molar-refractivity contribution in [3.8, 4) is 11.5 Å². The minimum absolute atomic E-state index is 0.0789. The number of unbranched alkanes of at least 4 members (excludes halogenated alkanes) is 2. The summed E-state index contributed by atoms with van der Waals surface area (Å²) in [5, 5.41) is 11.0. The van der Waals surface area contributed by atoms with E-state index in [4.69, 9.17) is 9.47 Å². The molecule has 2 atom stereocenters. The summed E-state index contributed by atoms with van der Waals surface area (Å²) in [5.41, 5.74) is 3.17. The normalized spacial score (nSPS) is 22.4. The third-order valence-corrected chi connectivity index (χ3v) is 7.20. The number of phenolic OH excluding ortho intramolecular Hbond substituents is 1. The van der Waals surface area contributed by atoms with Gasteiger partial charge in [-0.15, -0.1) is 0 Å². The number of ether oxygens (including phenoxy) is 2. The fourth-order valence-corrected chi connectivity index (χ4v) is 5.21. The molecule has 30 heavy (non-hydrogen) atoms. The summed E-state index contributed by atoms with van der Waals surface area (Å²) >= 11 is 0. The average Bonchev–Trinajstić information content (AvgIpc) is 2.66. The number of esters is 1. The van der Waals surface area contributed by atoms with Crippen molar-refractivity contribution in [3.63, 3.8) is 0 Å². The van der Waals surface area contributed by atoms with Crippen molar-refractivity contribution < 1.29 is 19.4 Å². The fourth-order valence-electron chi connectivity index (χ4n) is 5.21. The van der Waals surface area contributed by atoms with Crippen molar-refractivity contribution in [2.75, 3.05) is 7.11 Å². The first kappa shape index (κ1) is 22.7. The van der Waals surface area contributed by atoms with E-state index in [1.165, 1.54) is 12.7 Å². The molecule has 1 aliphatic carbocycles. The van der Waals surface area contributed by atoms with Crippen LogP contribution in [0.2, 0.25) is 0 Å². The zero-order chi connectivity index (χ0) is 22.1. The fraction of sp³-hybridized carbons (Fsp3) is 0.654. The van der Waals surface area contributed by atoms with Gasteiger partial charge in [0.05, 0.1) is 7.11 Å². The number of phenols is 1. The largest absolute Gasteiger partial charge is 0.508 e. The highest BCUT2D eigenvalue weighted by Gasteiger charge is 2.46. The molecule has 0 saturated heterocycles. The van der Waals surface area contributed by atoms with Gasteiger partial charge in [-0.2, -0.15) is 0 Å². The van der Waals surface area contributed by atoms with Gasteiger partial charge in [-0.1, -0.05) is 38.3 Å². The molecule has 1 heterocycles. The lowest BCUT2D eigenvalue weighted by Crippen LogP contribution is -2.45. The Morgan fingerprint density at radius 2 is 2.00 bits per heavy atom. The molecule has 0 spiro atoms. The summed E-state index contributed by atoms with van der Waals surface area (Å²) in [6.07, 6.45) is 8.66. The van der Waals surface area contributed by atoms with Gasteiger partial charge in [-0.3, -0.25) is 4.79 Å². The van der Waals surface area contributed by atoms with E-state index in [2.05, 4.69) is 46.8 Å². The molecule has 1 aromatic carbocycles. The van der Waals surface area contributed by atoms with Crippen LogP contribution in [0.25, 0.3) is 0 Å². The molecule has 1 N–H and O–H groups in total. The van der Waals surface area contributed by atoms with Gasteiger partial charge in [-0.25, -0.2) is 0 Å². The molecule has 0 saturated carbocycles. The van der Waals surface area contributed by atoms with Gasteiger partial charge >= 0.3 is 5.97 Å².